The molecule has 0 aliphatic carbocycles. The summed E-state index contributed by atoms with van der Waals surface area (Å²) < 4.78 is 51.4. The van der Waals surface area contributed by atoms with Crippen LogP contribution in [0.25, 0.3) is 22.3 Å². The molecular formula is C22H23FN2O5S. The highest BCUT2D eigenvalue weighted by atomic mass is 32.2. The van der Waals surface area contributed by atoms with E-state index in [9.17, 15) is 17.6 Å². The average molecular weight is 447 g/mol. The van der Waals surface area contributed by atoms with Crippen LogP contribution in [-0.2, 0) is 14.8 Å². The molecule has 1 N–H and O–H groups in total. The second kappa shape index (κ2) is 7.97. The van der Waals surface area contributed by atoms with Gasteiger partial charge in [0.2, 0.25) is 10.0 Å². The fraction of sp³-hybridized carbons (Fsp3) is 0.318. The second-order valence-corrected chi connectivity index (χ2v) is 9.41. The van der Waals surface area contributed by atoms with Gasteiger partial charge in [-0.3, -0.25) is 9.10 Å². The Morgan fingerprint density at radius 3 is 2.58 bits per heavy atom. The summed E-state index contributed by atoms with van der Waals surface area (Å²) in [7, 11) is -2.12. The van der Waals surface area contributed by atoms with Gasteiger partial charge in [-0.05, 0) is 13.0 Å². The van der Waals surface area contributed by atoms with Crippen LogP contribution in [0, 0.1) is 6.92 Å². The Kier molecular flexibility index (Phi) is 5.49. The van der Waals surface area contributed by atoms with Crippen molar-refractivity contribution in [2.24, 2.45) is 0 Å². The lowest BCUT2D eigenvalue weighted by atomic mass is 10.00. The number of nitrogens with one attached hydrogen (secondary N) is 1. The van der Waals surface area contributed by atoms with Crippen LogP contribution >= 0.6 is 0 Å². The summed E-state index contributed by atoms with van der Waals surface area (Å²) in [6.45, 7) is 1.24. The van der Waals surface area contributed by atoms with Gasteiger partial charge in [0.15, 0.2) is 0 Å². The van der Waals surface area contributed by atoms with E-state index in [0.29, 0.717) is 39.1 Å². The van der Waals surface area contributed by atoms with Crippen LogP contribution < -0.4 is 9.62 Å². The van der Waals surface area contributed by atoms with Gasteiger partial charge in [0.1, 0.15) is 24.1 Å². The number of rotatable bonds is 4. The predicted molar refractivity (Wildman–Crippen MR) is 117 cm³/mol. The first-order valence-corrected chi connectivity index (χ1v) is 11.6. The third kappa shape index (κ3) is 3.79. The minimum atomic E-state index is -3.63. The molecule has 1 unspecified atom stereocenters. The molecule has 1 atom stereocenters. The van der Waals surface area contributed by atoms with Gasteiger partial charge in [0.05, 0.1) is 30.7 Å². The SMILES string of the molecule is CNC(=O)c1c(-c2ccc(C)cc2)oc2cc3c(cc12)C(CF)OCCN3S(C)(=O)=O. The average Bonchev–Trinajstić information content (AvgIpc) is 2.99. The number of halogens is 1. The van der Waals surface area contributed by atoms with Crippen LogP contribution in [0.15, 0.2) is 40.8 Å². The van der Waals surface area contributed by atoms with Crippen molar-refractivity contribution in [2.75, 3.05) is 37.4 Å². The van der Waals surface area contributed by atoms with Crippen LogP contribution in [0.5, 0.6) is 0 Å². The number of fused-ring (bicyclic) bond motifs is 2. The number of anilines is 1. The molecule has 0 spiro atoms. The lowest BCUT2D eigenvalue weighted by molar-refractivity contribution is 0.0445. The molecule has 3 aromatic rings. The minimum Gasteiger partial charge on any atom is -0.455 e. The molecule has 0 saturated heterocycles. The van der Waals surface area contributed by atoms with Crippen molar-refractivity contribution in [1.82, 2.24) is 5.32 Å². The third-order valence-electron chi connectivity index (χ3n) is 5.37. The first-order chi connectivity index (χ1) is 14.7. The van der Waals surface area contributed by atoms with E-state index in [1.807, 2.05) is 31.2 Å². The number of hydrogen-bond acceptors (Lipinski definition) is 5. The van der Waals surface area contributed by atoms with E-state index in [1.165, 1.54) is 11.4 Å². The molecule has 7 nitrogen and oxygen atoms in total. The van der Waals surface area contributed by atoms with Gasteiger partial charge in [-0.25, -0.2) is 12.8 Å². The largest absolute Gasteiger partial charge is 0.455 e. The molecule has 2 heterocycles. The lowest BCUT2D eigenvalue weighted by Crippen LogP contribution is -2.32. The number of benzene rings is 2. The molecule has 4 rings (SSSR count). The molecule has 9 heteroatoms. The van der Waals surface area contributed by atoms with Crippen LogP contribution in [-0.4, -0.2) is 47.5 Å². The lowest BCUT2D eigenvalue weighted by Gasteiger charge is -2.22. The highest BCUT2D eigenvalue weighted by Crippen LogP contribution is 2.41. The molecule has 0 fully saturated rings. The number of amides is 1. The first kappa shape index (κ1) is 21.3. The number of carbonyl (C=O) groups excluding carboxylic acids is 1. The Bertz CT molecular complexity index is 1250. The molecule has 0 bridgehead atoms. The van der Waals surface area contributed by atoms with Crippen LogP contribution in [0.1, 0.15) is 27.6 Å². The summed E-state index contributed by atoms with van der Waals surface area (Å²) in [5, 5.41) is 3.09. The molecule has 0 radical (unpaired) electrons. The molecular weight excluding hydrogens is 423 g/mol. The number of hydrogen-bond donors (Lipinski definition) is 1. The number of nitrogens with zero attached hydrogens (tertiary/aromatic N) is 1. The number of sulfonamides is 1. The Labute approximate surface area is 179 Å². The Hall–Kier alpha value is -2.91. The Morgan fingerprint density at radius 1 is 1.26 bits per heavy atom. The smallest absolute Gasteiger partial charge is 0.255 e. The minimum absolute atomic E-state index is 0.0502. The van der Waals surface area contributed by atoms with E-state index >= 15 is 0 Å². The normalized spacial score (nSPS) is 16.8. The van der Waals surface area contributed by atoms with Crippen LogP contribution in [0.3, 0.4) is 0 Å². The molecule has 0 saturated carbocycles. The maximum Gasteiger partial charge on any atom is 0.255 e. The number of carbonyl (C=O) groups is 1. The number of alkyl halides is 1. The maximum absolute atomic E-state index is 13.8. The van der Waals surface area contributed by atoms with Gasteiger partial charge >= 0.3 is 0 Å². The highest BCUT2D eigenvalue weighted by Gasteiger charge is 2.31. The quantitative estimate of drug-likeness (QED) is 0.662. The molecule has 2 aromatic carbocycles. The summed E-state index contributed by atoms with van der Waals surface area (Å²) in [6.07, 6.45) is 0.147. The molecule has 1 aromatic heterocycles. The van der Waals surface area contributed by atoms with Gasteiger partial charge in [0, 0.05) is 29.6 Å². The number of ether oxygens (including phenoxy) is 1. The molecule has 1 aliphatic heterocycles. The standard InChI is InChI=1S/C22H23FN2O5S/c1-13-4-6-14(7-5-13)21-20(22(26)24-2)16-10-15-17(11-18(16)30-21)25(31(3,27)28)8-9-29-19(15)12-23/h4-7,10-11,19H,8-9,12H2,1-3H3,(H,24,26). The first-order valence-electron chi connectivity index (χ1n) is 9.79. The molecule has 1 amide bonds. The summed E-state index contributed by atoms with van der Waals surface area (Å²) in [4.78, 5) is 12.8. The zero-order chi connectivity index (χ0) is 22.3. The fourth-order valence-electron chi connectivity index (χ4n) is 3.84. The summed E-state index contributed by atoms with van der Waals surface area (Å²) in [5.74, 6) is -0.00119. The fourth-order valence-corrected chi connectivity index (χ4v) is 4.76. The monoisotopic (exact) mass is 446 g/mol. The van der Waals surface area contributed by atoms with E-state index in [-0.39, 0.29) is 19.1 Å². The van der Waals surface area contributed by atoms with Crippen molar-refractivity contribution < 1.29 is 26.8 Å². The van der Waals surface area contributed by atoms with E-state index in [2.05, 4.69) is 5.32 Å². The van der Waals surface area contributed by atoms with Gasteiger partial charge in [-0.1, -0.05) is 29.8 Å². The highest BCUT2D eigenvalue weighted by molar-refractivity contribution is 7.92. The van der Waals surface area contributed by atoms with E-state index < -0.39 is 22.8 Å². The van der Waals surface area contributed by atoms with Crippen molar-refractivity contribution in [3.8, 4) is 11.3 Å². The van der Waals surface area contributed by atoms with E-state index in [0.717, 1.165) is 11.8 Å². The van der Waals surface area contributed by atoms with Crippen LogP contribution in [0.2, 0.25) is 0 Å². The van der Waals surface area contributed by atoms with Gasteiger partial charge in [-0.15, -0.1) is 0 Å². The van der Waals surface area contributed by atoms with E-state index in [1.54, 1.807) is 12.1 Å². The van der Waals surface area contributed by atoms with Crippen molar-refractivity contribution in [3.05, 3.63) is 53.1 Å². The van der Waals surface area contributed by atoms with Crippen molar-refractivity contribution in [2.45, 2.75) is 13.0 Å². The predicted octanol–water partition coefficient (Wildman–Crippen LogP) is 3.57. The van der Waals surface area contributed by atoms with Gasteiger partial charge < -0.3 is 14.5 Å². The van der Waals surface area contributed by atoms with Gasteiger partial charge in [0.25, 0.3) is 5.91 Å². The Morgan fingerprint density at radius 2 is 1.97 bits per heavy atom. The maximum atomic E-state index is 13.8. The zero-order valence-electron chi connectivity index (χ0n) is 17.4. The summed E-state index contributed by atoms with van der Waals surface area (Å²) in [5.41, 5.74) is 3.05. The molecule has 31 heavy (non-hydrogen) atoms. The van der Waals surface area contributed by atoms with Crippen LogP contribution in [0.4, 0.5) is 10.1 Å². The number of furan rings is 1. The van der Waals surface area contributed by atoms with Crippen molar-refractivity contribution in [3.63, 3.8) is 0 Å². The molecule has 164 valence electrons. The van der Waals surface area contributed by atoms with Crippen molar-refractivity contribution in [1.29, 1.82) is 0 Å². The topological polar surface area (TPSA) is 88.8 Å². The Balaban J connectivity index is 2.03. The molecule has 1 aliphatic rings. The van der Waals surface area contributed by atoms with Gasteiger partial charge in [-0.2, -0.15) is 0 Å². The zero-order valence-corrected chi connectivity index (χ0v) is 18.3. The number of aryl methyl sites for hydroxylation is 1. The van der Waals surface area contributed by atoms with E-state index in [4.69, 9.17) is 9.15 Å². The third-order valence-corrected chi connectivity index (χ3v) is 6.55. The van der Waals surface area contributed by atoms with Crippen molar-refractivity contribution >= 4 is 32.6 Å². The summed E-state index contributed by atoms with van der Waals surface area (Å²) >= 11 is 0. The second-order valence-electron chi connectivity index (χ2n) is 7.51. The summed E-state index contributed by atoms with van der Waals surface area (Å²) in [6, 6.07) is 10.7.